The van der Waals surface area contributed by atoms with Gasteiger partial charge >= 0.3 is 0 Å². The molecule has 0 aliphatic carbocycles. The van der Waals surface area contributed by atoms with Crippen LogP contribution in [-0.4, -0.2) is 31.5 Å². The van der Waals surface area contributed by atoms with E-state index in [2.05, 4.69) is 15.5 Å². The summed E-state index contributed by atoms with van der Waals surface area (Å²) in [6, 6.07) is 22.0. The van der Waals surface area contributed by atoms with Gasteiger partial charge in [-0.2, -0.15) is 0 Å². The SMILES string of the molecule is O=C(CSc1nnc(-c2ccccc2F)n1-c1ccccc1)Nc1cccc(O)c1. The number of nitrogens with zero attached hydrogens (tertiary/aromatic N) is 3. The molecule has 0 fully saturated rings. The van der Waals surface area contributed by atoms with Crippen molar-refractivity contribution in [2.75, 3.05) is 11.1 Å². The second-order valence-electron chi connectivity index (χ2n) is 6.34. The fraction of sp³-hybridized carbons (Fsp3) is 0.0455. The standard InChI is InChI=1S/C22H17FN4O2S/c23-19-12-5-4-11-18(19)21-25-26-22(27(21)16-8-2-1-3-9-16)30-14-20(29)24-15-7-6-10-17(28)13-15/h1-13,28H,14H2,(H,24,29). The number of amides is 1. The van der Waals surface area contributed by atoms with Gasteiger partial charge in [0.05, 0.1) is 11.3 Å². The Morgan fingerprint density at radius 3 is 2.53 bits per heavy atom. The molecule has 0 aliphatic heterocycles. The normalized spacial score (nSPS) is 10.7. The first-order valence-electron chi connectivity index (χ1n) is 9.09. The van der Waals surface area contributed by atoms with Gasteiger partial charge in [-0.3, -0.25) is 9.36 Å². The lowest BCUT2D eigenvalue weighted by atomic mass is 10.2. The molecule has 8 heteroatoms. The molecule has 4 aromatic rings. The van der Waals surface area contributed by atoms with E-state index in [1.165, 1.54) is 30.0 Å². The molecule has 150 valence electrons. The van der Waals surface area contributed by atoms with Gasteiger partial charge in [0.25, 0.3) is 0 Å². The molecule has 0 aliphatic rings. The predicted molar refractivity (Wildman–Crippen MR) is 114 cm³/mol. The maximum atomic E-state index is 14.4. The largest absolute Gasteiger partial charge is 0.508 e. The molecule has 30 heavy (non-hydrogen) atoms. The van der Waals surface area contributed by atoms with Crippen molar-refractivity contribution in [2.24, 2.45) is 0 Å². The molecule has 0 saturated carbocycles. The van der Waals surface area contributed by atoms with E-state index in [1.807, 2.05) is 30.3 Å². The van der Waals surface area contributed by atoms with Gasteiger partial charge in [0.15, 0.2) is 11.0 Å². The maximum Gasteiger partial charge on any atom is 0.234 e. The van der Waals surface area contributed by atoms with Gasteiger partial charge in [-0.05, 0) is 36.4 Å². The molecule has 3 aromatic carbocycles. The molecule has 0 unspecified atom stereocenters. The lowest BCUT2D eigenvalue weighted by Crippen LogP contribution is -2.14. The van der Waals surface area contributed by atoms with Crippen LogP contribution < -0.4 is 5.32 Å². The Kier molecular flexibility index (Phi) is 5.76. The van der Waals surface area contributed by atoms with Crippen LogP contribution in [0.2, 0.25) is 0 Å². The van der Waals surface area contributed by atoms with Gasteiger partial charge in [-0.25, -0.2) is 4.39 Å². The number of phenols is 1. The number of halogens is 1. The van der Waals surface area contributed by atoms with E-state index in [9.17, 15) is 14.3 Å². The first-order chi connectivity index (χ1) is 14.6. The summed E-state index contributed by atoms with van der Waals surface area (Å²) in [5.74, 6) is -0.173. The molecule has 0 atom stereocenters. The molecular weight excluding hydrogens is 403 g/mol. The number of anilines is 1. The van der Waals surface area contributed by atoms with Crippen molar-refractivity contribution in [3.8, 4) is 22.8 Å². The van der Waals surface area contributed by atoms with Crippen LogP contribution in [0.15, 0.2) is 84.0 Å². The maximum absolute atomic E-state index is 14.4. The molecule has 0 saturated heterocycles. The molecular formula is C22H17FN4O2S. The number of hydrogen-bond acceptors (Lipinski definition) is 5. The van der Waals surface area contributed by atoms with Crippen molar-refractivity contribution < 1.29 is 14.3 Å². The minimum atomic E-state index is -0.403. The van der Waals surface area contributed by atoms with Crippen LogP contribution in [0.25, 0.3) is 17.1 Å². The number of carbonyl (C=O) groups is 1. The molecule has 1 amide bonds. The number of thioether (sulfide) groups is 1. The molecule has 1 aromatic heterocycles. The van der Waals surface area contributed by atoms with E-state index in [0.29, 0.717) is 22.2 Å². The highest BCUT2D eigenvalue weighted by Gasteiger charge is 2.19. The highest BCUT2D eigenvalue weighted by atomic mass is 32.2. The van der Waals surface area contributed by atoms with Gasteiger partial charge in [0.1, 0.15) is 11.6 Å². The molecule has 4 rings (SSSR count). The summed E-state index contributed by atoms with van der Waals surface area (Å²) in [7, 11) is 0. The third kappa shape index (κ3) is 4.33. The molecule has 2 N–H and O–H groups in total. The number of benzene rings is 3. The van der Waals surface area contributed by atoms with Crippen LogP contribution in [-0.2, 0) is 4.79 Å². The zero-order valence-corrected chi connectivity index (χ0v) is 16.5. The fourth-order valence-electron chi connectivity index (χ4n) is 2.90. The molecule has 6 nitrogen and oxygen atoms in total. The van der Waals surface area contributed by atoms with Crippen LogP contribution in [0.4, 0.5) is 10.1 Å². The average molecular weight is 420 g/mol. The Balaban J connectivity index is 1.60. The Morgan fingerprint density at radius 1 is 1.00 bits per heavy atom. The first kappa shape index (κ1) is 19.7. The Bertz CT molecular complexity index is 1180. The average Bonchev–Trinajstić information content (AvgIpc) is 3.17. The predicted octanol–water partition coefficient (Wildman–Crippen LogP) is 4.51. The summed E-state index contributed by atoms with van der Waals surface area (Å²) in [5, 5.41) is 21.1. The Morgan fingerprint density at radius 2 is 1.77 bits per heavy atom. The van der Waals surface area contributed by atoms with E-state index < -0.39 is 5.82 Å². The van der Waals surface area contributed by atoms with Crippen molar-refractivity contribution in [1.82, 2.24) is 14.8 Å². The Hall–Kier alpha value is -3.65. The lowest BCUT2D eigenvalue weighted by molar-refractivity contribution is -0.113. The van der Waals surface area contributed by atoms with E-state index in [1.54, 1.807) is 34.9 Å². The highest BCUT2D eigenvalue weighted by molar-refractivity contribution is 7.99. The summed E-state index contributed by atoms with van der Waals surface area (Å²) < 4.78 is 16.1. The fourth-order valence-corrected chi connectivity index (χ4v) is 3.65. The first-order valence-corrected chi connectivity index (χ1v) is 10.1. The van der Waals surface area contributed by atoms with Crippen LogP contribution in [0.1, 0.15) is 0 Å². The minimum Gasteiger partial charge on any atom is -0.508 e. The zero-order valence-electron chi connectivity index (χ0n) is 15.7. The third-order valence-corrected chi connectivity index (χ3v) is 5.15. The molecule has 0 radical (unpaired) electrons. The van der Waals surface area contributed by atoms with Gasteiger partial charge < -0.3 is 10.4 Å². The van der Waals surface area contributed by atoms with Crippen LogP contribution in [0, 0.1) is 5.82 Å². The monoisotopic (exact) mass is 420 g/mol. The summed E-state index contributed by atoms with van der Waals surface area (Å²) in [4.78, 5) is 12.3. The van der Waals surface area contributed by atoms with Gasteiger partial charge in [-0.15, -0.1) is 10.2 Å². The zero-order chi connectivity index (χ0) is 20.9. The van der Waals surface area contributed by atoms with Crippen molar-refractivity contribution in [3.05, 3.63) is 84.7 Å². The van der Waals surface area contributed by atoms with Crippen LogP contribution in [0.3, 0.4) is 0 Å². The topological polar surface area (TPSA) is 80.0 Å². The number of nitrogens with one attached hydrogen (secondary N) is 1. The molecule has 1 heterocycles. The smallest absolute Gasteiger partial charge is 0.234 e. The summed E-state index contributed by atoms with van der Waals surface area (Å²) >= 11 is 1.19. The van der Waals surface area contributed by atoms with Gasteiger partial charge in [0, 0.05) is 17.4 Å². The number of hydrogen-bond donors (Lipinski definition) is 2. The number of phenolic OH excluding ortho intramolecular Hbond substituents is 1. The van der Waals surface area contributed by atoms with Crippen LogP contribution >= 0.6 is 11.8 Å². The molecule has 0 spiro atoms. The van der Waals surface area contributed by atoms with Crippen molar-refractivity contribution >= 4 is 23.4 Å². The molecule has 0 bridgehead atoms. The summed E-state index contributed by atoms with van der Waals surface area (Å²) in [6.07, 6.45) is 0. The number of para-hydroxylation sites is 1. The number of carbonyl (C=O) groups excluding carboxylic acids is 1. The van der Waals surface area contributed by atoms with Crippen molar-refractivity contribution in [2.45, 2.75) is 5.16 Å². The van der Waals surface area contributed by atoms with Gasteiger partial charge in [0.2, 0.25) is 5.91 Å². The van der Waals surface area contributed by atoms with E-state index >= 15 is 0 Å². The lowest BCUT2D eigenvalue weighted by Gasteiger charge is -2.11. The van der Waals surface area contributed by atoms with E-state index in [4.69, 9.17) is 0 Å². The van der Waals surface area contributed by atoms with Crippen molar-refractivity contribution in [3.63, 3.8) is 0 Å². The van der Waals surface area contributed by atoms with Crippen molar-refractivity contribution in [1.29, 1.82) is 0 Å². The number of aromatic hydroxyl groups is 1. The summed E-state index contributed by atoms with van der Waals surface area (Å²) in [5.41, 5.74) is 1.58. The van der Waals surface area contributed by atoms with E-state index in [-0.39, 0.29) is 17.4 Å². The summed E-state index contributed by atoms with van der Waals surface area (Å²) in [6.45, 7) is 0. The second-order valence-corrected chi connectivity index (χ2v) is 7.29. The van der Waals surface area contributed by atoms with E-state index in [0.717, 1.165) is 5.69 Å². The number of aromatic nitrogens is 3. The Labute approximate surface area is 176 Å². The highest BCUT2D eigenvalue weighted by Crippen LogP contribution is 2.29. The van der Waals surface area contributed by atoms with Crippen LogP contribution in [0.5, 0.6) is 5.75 Å². The quantitative estimate of drug-likeness (QED) is 0.449. The number of rotatable bonds is 6. The minimum absolute atomic E-state index is 0.0674. The van der Waals surface area contributed by atoms with Gasteiger partial charge in [-0.1, -0.05) is 48.2 Å². The third-order valence-electron chi connectivity index (χ3n) is 4.22. The second kappa shape index (κ2) is 8.79.